The zero-order valence-electron chi connectivity index (χ0n) is 12.5. The highest BCUT2D eigenvalue weighted by atomic mass is 35.5. The van der Waals surface area contributed by atoms with Gasteiger partial charge in [-0.05, 0) is 30.5 Å². The lowest BCUT2D eigenvalue weighted by atomic mass is 9.96. The third kappa shape index (κ3) is 4.37. The summed E-state index contributed by atoms with van der Waals surface area (Å²) >= 11 is 12.0. The van der Waals surface area contributed by atoms with Crippen LogP contribution in [0.4, 0.5) is 0 Å². The predicted molar refractivity (Wildman–Crippen MR) is 88.0 cm³/mol. The van der Waals surface area contributed by atoms with E-state index in [-0.39, 0.29) is 23.8 Å². The number of nitrogens with one attached hydrogen (secondary N) is 2. The molecule has 0 aromatic heterocycles. The Labute approximate surface area is 140 Å². The van der Waals surface area contributed by atoms with E-state index in [1.807, 2.05) is 6.07 Å². The van der Waals surface area contributed by atoms with Crippen molar-refractivity contribution in [3.63, 3.8) is 0 Å². The molecule has 2 atom stereocenters. The number of benzene rings is 1. The molecule has 2 amide bonds. The van der Waals surface area contributed by atoms with E-state index in [2.05, 4.69) is 17.6 Å². The predicted octanol–water partition coefficient (Wildman–Crippen LogP) is 3.48. The minimum Gasteiger partial charge on any atom is -0.355 e. The molecule has 1 aromatic carbocycles. The molecule has 2 rings (SSSR count). The largest absolute Gasteiger partial charge is 0.355 e. The molecular weight excluding hydrogens is 323 g/mol. The number of hydrogen-bond donors (Lipinski definition) is 2. The van der Waals surface area contributed by atoms with E-state index in [9.17, 15) is 9.59 Å². The van der Waals surface area contributed by atoms with Gasteiger partial charge in [-0.3, -0.25) is 9.59 Å². The van der Waals surface area contributed by atoms with Gasteiger partial charge in [-0.25, -0.2) is 0 Å². The molecular formula is C16H20Cl2N2O2. The van der Waals surface area contributed by atoms with Crippen molar-refractivity contribution in [1.29, 1.82) is 0 Å². The number of carbonyl (C=O) groups excluding carboxylic acids is 2. The molecule has 1 fully saturated rings. The standard InChI is InChI=1S/C16H20Cl2N2O2/c1-2-3-14(10-4-6-12(17)13(18)8-10)20-16(22)11-5-7-15(21)19-9-11/h4,6,8,11,14H,2-3,5,7,9H2,1H3,(H,19,21)(H,20,22)/t11-,14-/m1/s1. The van der Waals surface area contributed by atoms with E-state index in [0.717, 1.165) is 18.4 Å². The average Bonchev–Trinajstić information content (AvgIpc) is 2.50. The van der Waals surface area contributed by atoms with Crippen LogP contribution in [0.15, 0.2) is 18.2 Å². The summed E-state index contributed by atoms with van der Waals surface area (Å²) in [6.45, 7) is 2.47. The Balaban J connectivity index is 2.06. The first-order valence-corrected chi connectivity index (χ1v) is 8.29. The van der Waals surface area contributed by atoms with Gasteiger partial charge in [0.15, 0.2) is 0 Å². The van der Waals surface area contributed by atoms with Crippen molar-refractivity contribution >= 4 is 35.0 Å². The second-order valence-corrected chi connectivity index (χ2v) is 6.38. The molecule has 1 heterocycles. The van der Waals surface area contributed by atoms with Crippen LogP contribution < -0.4 is 10.6 Å². The second kappa shape index (κ2) is 7.84. The molecule has 120 valence electrons. The summed E-state index contributed by atoms with van der Waals surface area (Å²) in [4.78, 5) is 23.6. The summed E-state index contributed by atoms with van der Waals surface area (Å²) < 4.78 is 0. The SMILES string of the molecule is CCC[C@@H](NC(=O)[C@@H]1CCC(=O)NC1)c1ccc(Cl)c(Cl)c1. The van der Waals surface area contributed by atoms with Crippen LogP contribution in [0.2, 0.25) is 10.0 Å². The van der Waals surface area contributed by atoms with Crippen molar-refractivity contribution in [3.05, 3.63) is 33.8 Å². The lowest BCUT2D eigenvalue weighted by Crippen LogP contribution is -2.43. The normalized spacial score (nSPS) is 19.4. The molecule has 0 bridgehead atoms. The minimum atomic E-state index is -0.167. The zero-order valence-corrected chi connectivity index (χ0v) is 14.0. The number of hydrogen-bond acceptors (Lipinski definition) is 2. The quantitative estimate of drug-likeness (QED) is 0.860. The lowest BCUT2D eigenvalue weighted by Gasteiger charge is -2.25. The van der Waals surface area contributed by atoms with Crippen LogP contribution in [0.5, 0.6) is 0 Å². The molecule has 2 N–H and O–H groups in total. The summed E-state index contributed by atoms with van der Waals surface area (Å²) in [6, 6.07) is 5.34. The lowest BCUT2D eigenvalue weighted by molar-refractivity contribution is -0.129. The molecule has 4 nitrogen and oxygen atoms in total. The van der Waals surface area contributed by atoms with Gasteiger partial charge >= 0.3 is 0 Å². The fraction of sp³-hybridized carbons (Fsp3) is 0.500. The molecule has 0 saturated carbocycles. The highest BCUT2D eigenvalue weighted by molar-refractivity contribution is 6.42. The number of carbonyl (C=O) groups is 2. The van der Waals surface area contributed by atoms with Crippen molar-refractivity contribution in [2.45, 2.75) is 38.6 Å². The maximum Gasteiger partial charge on any atom is 0.225 e. The Morgan fingerprint density at radius 1 is 1.41 bits per heavy atom. The Bertz CT molecular complexity index is 553. The van der Waals surface area contributed by atoms with Crippen LogP contribution in [0, 0.1) is 5.92 Å². The van der Waals surface area contributed by atoms with Crippen LogP contribution in [0.25, 0.3) is 0 Å². The zero-order chi connectivity index (χ0) is 16.1. The van der Waals surface area contributed by atoms with Crippen LogP contribution in [-0.4, -0.2) is 18.4 Å². The van der Waals surface area contributed by atoms with Gasteiger partial charge < -0.3 is 10.6 Å². The van der Waals surface area contributed by atoms with Gasteiger partial charge in [0.25, 0.3) is 0 Å². The van der Waals surface area contributed by atoms with E-state index in [1.54, 1.807) is 12.1 Å². The maximum absolute atomic E-state index is 12.4. The van der Waals surface area contributed by atoms with Crippen LogP contribution in [-0.2, 0) is 9.59 Å². The first-order valence-electron chi connectivity index (χ1n) is 7.53. The first-order chi connectivity index (χ1) is 10.5. The molecule has 0 unspecified atom stereocenters. The highest BCUT2D eigenvalue weighted by Crippen LogP contribution is 2.28. The van der Waals surface area contributed by atoms with E-state index in [0.29, 0.717) is 29.4 Å². The number of rotatable bonds is 5. The highest BCUT2D eigenvalue weighted by Gasteiger charge is 2.26. The van der Waals surface area contributed by atoms with Gasteiger partial charge in [-0.2, -0.15) is 0 Å². The molecule has 1 aliphatic rings. The van der Waals surface area contributed by atoms with E-state index in [1.165, 1.54) is 0 Å². The number of piperidine rings is 1. The molecule has 0 spiro atoms. The summed E-state index contributed by atoms with van der Waals surface area (Å²) in [7, 11) is 0. The molecule has 22 heavy (non-hydrogen) atoms. The van der Waals surface area contributed by atoms with Gasteiger partial charge in [0.05, 0.1) is 22.0 Å². The van der Waals surface area contributed by atoms with Crippen molar-refractivity contribution in [1.82, 2.24) is 10.6 Å². The maximum atomic E-state index is 12.4. The van der Waals surface area contributed by atoms with Gasteiger partial charge in [0.2, 0.25) is 11.8 Å². The van der Waals surface area contributed by atoms with Crippen LogP contribution in [0.3, 0.4) is 0 Å². The van der Waals surface area contributed by atoms with Crippen LogP contribution >= 0.6 is 23.2 Å². The van der Waals surface area contributed by atoms with Gasteiger partial charge in [-0.15, -0.1) is 0 Å². The minimum absolute atomic E-state index is 0.0126. The summed E-state index contributed by atoms with van der Waals surface area (Å²) in [5.74, 6) is -0.178. The third-order valence-electron chi connectivity index (χ3n) is 3.88. The Morgan fingerprint density at radius 3 is 2.77 bits per heavy atom. The summed E-state index contributed by atoms with van der Waals surface area (Å²) in [5.41, 5.74) is 0.949. The summed E-state index contributed by atoms with van der Waals surface area (Å²) in [6.07, 6.45) is 2.76. The van der Waals surface area contributed by atoms with Gasteiger partial charge in [0, 0.05) is 13.0 Å². The van der Waals surface area contributed by atoms with Crippen molar-refractivity contribution in [2.75, 3.05) is 6.54 Å². The van der Waals surface area contributed by atoms with Crippen LogP contribution in [0.1, 0.15) is 44.2 Å². The molecule has 6 heteroatoms. The number of amides is 2. The van der Waals surface area contributed by atoms with Gasteiger partial charge in [-0.1, -0.05) is 42.6 Å². The fourth-order valence-electron chi connectivity index (χ4n) is 2.59. The topological polar surface area (TPSA) is 58.2 Å². The third-order valence-corrected chi connectivity index (χ3v) is 4.62. The van der Waals surface area contributed by atoms with E-state index < -0.39 is 0 Å². The molecule has 1 aliphatic heterocycles. The van der Waals surface area contributed by atoms with Gasteiger partial charge in [0.1, 0.15) is 0 Å². The first kappa shape index (κ1) is 17.1. The van der Waals surface area contributed by atoms with E-state index >= 15 is 0 Å². The summed E-state index contributed by atoms with van der Waals surface area (Å²) in [5, 5.41) is 6.80. The second-order valence-electron chi connectivity index (χ2n) is 5.56. The molecule has 0 aliphatic carbocycles. The van der Waals surface area contributed by atoms with Crippen molar-refractivity contribution in [2.24, 2.45) is 5.92 Å². The Kier molecular flexibility index (Phi) is 6.09. The molecule has 1 aromatic rings. The Morgan fingerprint density at radius 2 is 2.18 bits per heavy atom. The fourth-order valence-corrected chi connectivity index (χ4v) is 2.89. The monoisotopic (exact) mass is 342 g/mol. The van der Waals surface area contributed by atoms with Crippen molar-refractivity contribution in [3.8, 4) is 0 Å². The Hall–Kier alpha value is -1.26. The molecule has 1 saturated heterocycles. The number of halogens is 2. The smallest absolute Gasteiger partial charge is 0.225 e. The van der Waals surface area contributed by atoms with Crippen molar-refractivity contribution < 1.29 is 9.59 Å². The molecule has 0 radical (unpaired) electrons. The average molecular weight is 343 g/mol. The van der Waals surface area contributed by atoms with E-state index in [4.69, 9.17) is 23.2 Å².